The van der Waals surface area contributed by atoms with Gasteiger partial charge in [0, 0.05) is 5.92 Å². The summed E-state index contributed by atoms with van der Waals surface area (Å²) in [6.45, 7) is 20.7. The van der Waals surface area contributed by atoms with E-state index in [1.54, 1.807) is 0 Å². The quantitative estimate of drug-likeness (QED) is 0.410. The zero-order chi connectivity index (χ0) is 26.3. The van der Waals surface area contributed by atoms with Gasteiger partial charge in [-0.25, -0.2) is 0 Å². The van der Waals surface area contributed by atoms with Gasteiger partial charge in [0.15, 0.2) is 5.78 Å². The molecule has 3 saturated carbocycles. The van der Waals surface area contributed by atoms with E-state index in [1.807, 2.05) is 61.5 Å². The number of aliphatic hydroxyl groups excluding tert-OH is 1. The van der Waals surface area contributed by atoms with Crippen molar-refractivity contribution in [2.24, 2.45) is 34.5 Å². The molecule has 3 nitrogen and oxygen atoms in total. The summed E-state index contributed by atoms with van der Waals surface area (Å²) in [5, 5.41) is 20.2. The molecule has 0 bridgehead atoms. The Morgan fingerprint density at radius 1 is 0.943 bits per heavy atom. The molecule has 35 heavy (non-hydrogen) atoms. The number of hydrogen-bond acceptors (Lipinski definition) is 3. The molecule has 4 rings (SSSR count). The molecule has 3 heteroatoms. The van der Waals surface area contributed by atoms with Gasteiger partial charge < -0.3 is 10.2 Å². The van der Waals surface area contributed by atoms with E-state index in [4.69, 9.17) is 0 Å². The maximum absolute atomic E-state index is 13.3. The van der Waals surface area contributed by atoms with Crippen molar-refractivity contribution in [2.75, 3.05) is 0 Å². The van der Waals surface area contributed by atoms with Crippen LogP contribution in [0.2, 0.25) is 0 Å². The molecule has 0 saturated heterocycles. The molecule has 0 heterocycles. The second-order valence-corrected chi connectivity index (χ2v) is 11.6. The van der Waals surface area contributed by atoms with Crippen LogP contribution in [0.5, 0.6) is 0 Å². The predicted molar refractivity (Wildman–Crippen MR) is 153 cm³/mol. The van der Waals surface area contributed by atoms with Gasteiger partial charge in [-0.3, -0.25) is 4.79 Å². The second-order valence-electron chi connectivity index (χ2n) is 11.6. The van der Waals surface area contributed by atoms with Gasteiger partial charge in [0.25, 0.3) is 0 Å². The van der Waals surface area contributed by atoms with E-state index in [-0.39, 0.29) is 30.3 Å². The van der Waals surface area contributed by atoms with E-state index in [2.05, 4.69) is 13.8 Å². The number of ketones is 1. The van der Waals surface area contributed by atoms with Crippen LogP contribution in [0.15, 0.2) is 11.6 Å². The monoisotopic (exact) mass is 494 g/mol. The van der Waals surface area contributed by atoms with Crippen LogP contribution in [0.4, 0.5) is 0 Å². The molecule has 0 amide bonds. The number of carbonyl (C=O) groups excluding carboxylic acids is 1. The van der Waals surface area contributed by atoms with E-state index < -0.39 is 5.60 Å². The Morgan fingerprint density at radius 3 is 2.11 bits per heavy atom. The Kier molecular flexibility index (Phi) is 14.0. The van der Waals surface area contributed by atoms with E-state index in [0.29, 0.717) is 30.0 Å². The molecule has 0 spiro atoms. The molecule has 0 aromatic carbocycles. The van der Waals surface area contributed by atoms with Crippen molar-refractivity contribution in [3.63, 3.8) is 0 Å². The van der Waals surface area contributed by atoms with Crippen LogP contribution >= 0.6 is 0 Å². The van der Waals surface area contributed by atoms with Crippen LogP contribution in [-0.4, -0.2) is 27.7 Å². The average molecular weight is 495 g/mol. The summed E-state index contributed by atoms with van der Waals surface area (Å²) in [7, 11) is 0. The third kappa shape index (κ3) is 7.22. The summed E-state index contributed by atoms with van der Waals surface area (Å²) in [6, 6.07) is 0. The molecule has 4 aliphatic carbocycles. The first-order valence-electron chi connectivity index (χ1n) is 14.7. The molecule has 6 unspecified atom stereocenters. The lowest BCUT2D eigenvalue weighted by Gasteiger charge is -2.57. The van der Waals surface area contributed by atoms with Crippen LogP contribution in [-0.2, 0) is 4.79 Å². The number of aliphatic hydroxyl groups is 2. The first-order valence-corrected chi connectivity index (χ1v) is 14.7. The molecule has 0 radical (unpaired) electrons. The highest BCUT2D eigenvalue weighted by Gasteiger charge is 2.60. The van der Waals surface area contributed by atoms with Crippen molar-refractivity contribution in [3.05, 3.63) is 11.6 Å². The molecular weight excluding hydrogens is 432 g/mol. The molecular formula is C32H62O3. The van der Waals surface area contributed by atoms with Gasteiger partial charge in [-0.05, 0) is 106 Å². The van der Waals surface area contributed by atoms with Crippen LogP contribution in [0, 0.1) is 34.5 Å². The SMILES string of the molecule is C.CC.CC.CC.CC(C)(O)CCC[C@H]1CCC2C3C(=O)C=C4CC(O)CCC4(C)C3CCC21C. The Labute approximate surface area is 219 Å². The lowest BCUT2D eigenvalue weighted by atomic mass is 9.47. The Hall–Kier alpha value is -0.670. The maximum Gasteiger partial charge on any atom is 0.159 e. The van der Waals surface area contributed by atoms with E-state index in [0.717, 1.165) is 32.1 Å². The number of rotatable bonds is 4. The fourth-order valence-electron chi connectivity index (χ4n) is 7.75. The van der Waals surface area contributed by atoms with Crippen LogP contribution in [0.3, 0.4) is 0 Å². The van der Waals surface area contributed by atoms with E-state index in [1.165, 1.54) is 31.3 Å². The summed E-state index contributed by atoms with van der Waals surface area (Å²) >= 11 is 0. The largest absolute Gasteiger partial charge is 0.393 e. The van der Waals surface area contributed by atoms with Gasteiger partial charge >= 0.3 is 0 Å². The topological polar surface area (TPSA) is 57.5 Å². The van der Waals surface area contributed by atoms with Gasteiger partial charge in [0.05, 0.1) is 11.7 Å². The van der Waals surface area contributed by atoms with Crippen molar-refractivity contribution in [3.8, 4) is 0 Å². The number of carbonyl (C=O) groups is 1. The highest BCUT2D eigenvalue weighted by atomic mass is 16.3. The minimum atomic E-state index is -0.572. The number of hydrogen-bond donors (Lipinski definition) is 2. The summed E-state index contributed by atoms with van der Waals surface area (Å²) < 4.78 is 0. The zero-order valence-corrected chi connectivity index (χ0v) is 24.3. The summed E-state index contributed by atoms with van der Waals surface area (Å²) in [4.78, 5) is 13.3. The Bertz CT molecular complexity index is 660. The molecule has 0 aromatic rings. The van der Waals surface area contributed by atoms with Gasteiger partial charge in [-0.15, -0.1) is 0 Å². The first kappa shape index (κ1) is 34.3. The van der Waals surface area contributed by atoms with Crippen molar-refractivity contribution in [1.29, 1.82) is 0 Å². The Balaban J connectivity index is 0.00000154. The Morgan fingerprint density at radius 2 is 1.54 bits per heavy atom. The molecule has 2 N–H and O–H groups in total. The summed E-state index contributed by atoms with van der Waals surface area (Å²) in [5.41, 5.74) is 1.07. The van der Waals surface area contributed by atoms with Crippen molar-refractivity contribution < 1.29 is 15.0 Å². The minimum absolute atomic E-state index is 0. The summed E-state index contributed by atoms with van der Waals surface area (Å²) in [5.74, 6) is 2.25. The smallest absolute Gasteiger partial charge is 0.159 e. The van der Waals surface area contributed by atoms with Gasteiger partial charge in [0.1, 0.15) is 0 Å². The normalized spacial score (nSPS) is 37.2. The van der Waals surface area contributed by atoms with Crippen molar-refractivity contribution >= 4 is 5.78 Å². The lowest BCUT2D eigenvalue weighted by molar-refractivity contribution is -0.134. The van der Waals surface area contributed by atoms with Gasteiger partial charge in [0.2, 0.25) is 0 Å². The molecule has 3 fully saturated rings. The highest BCUT2D eigenvalue weighted by molar-refractivity contribution is 5.94. The van der Waals surface area contributed by atoms with Crippen molar-refractivity contribution in [2.45, 2.75) is 153 Å². The van der Waals surface area contributed by atoms with Crippen molar-refractivity contribution in [1.82, 2.24) is 0 Å². The predicted octanol–water partition coefficient (Wildman–Crippen LogP) is 8.76. The third-order valence-electron chi connectivity index (χ3n) is 9.46. The highest BCUT2D eigenvalue weighted by Crippen LogP contribution is 2.66. The van der Waals surface area contributed by atoms with E-state index in [9.17, 15) is 15.0 Å². The standard InChI is InChI=1S/C25H40O3.3C2H6.CH4/c1-23(2,28)11-5-6-16-7-8-19-22-20(10-13-24(16,19)3)25(4)12-9-18(26)14-17(25)15-21(22)27;3*1-2;/h15-16,18-20,22,26,28H,5-14H2,1-4H3;3*1-2H3;1H4/t16-,18?,19?,20?,22?,24?,25?;;;;/m0..../s1. The summed E-state index contributed by atoms with van der Waals surface area (Å²) in [6.07, 6.45) is 12.3. The molecule has 7 atom stereocenters. The van der Waals surface area contributed by atoms with Gasteiger partial charge in [-0.2, -0.15) is 0 Å². The van der Waals surface area contributed by atoms with Crippen LogP contribution < -0.4 is 0 Å². The molecule has 4 aliphatic rings. The molecule has 208 valence electrons. The minimum Gasteiger partial charge on any atom is -0.393 e. The first-order chi connectivity index (χ1) is 16.0. The average Bonchev–Trinajstić information content (AvgIpc) is 3.14. The fraction of sp³-hybridized carbons (Fsp3) is 0.906. The van der Waals surface area contributed by atoms with E-state index >= 15 is 0 Å². The lowest BCUT2D eigenvalue weighted by Crippen LogP contribution is -2.53. The number of fused-ring (bicyclic) bond motifs is 5. The molecule has 0 aromatic heterocycles. The van der Waals surface area contributed by atoms with Gasteiger partial charge in [-0.1, -0.05) is 74.8 Å². The molecule has 0 aliphatic heterocycles. The third-order valence-corrected chi connectivity index (χ3v) is 9.46. The fourth-order valence-corrected chi connectivity index (χ4v) is 7.75. The number of allylic oxidation sites excluding steroid dienone is 1. The van der Waals surface area contributed by atoms with Crippen LogP contribution in [0.25, 0.3) is 0 Å². The second kappa shape index (κ2) is 14.3. The zero-order valence-electron chi connectivity index (χ0n) is 24.3. The maximum atomic E-state index is 13.3. The van der Waals surface area contributed by atoms with Crippen LogP contribution in [0.1, 0.15) is 141 Å².